The highest BCUT2D eigenvalue weighted by Crippen LogP contribution is 2.29. The summed E-state index contributed by atoms with van der Waals surface area (Å²) in [6, 6.07) is 9.37. The number of hydrogen-bond donors (Lipinski definition) is 1. The van der Waals surface area contributed by atoms with E-state index in [4.69, 9.17) is 4.42 Å². The van der Waals surface area contributed by atoms with Crippen molar-refractivity contribution in [2.75, 3.05) is 0 Å². The maximum absolute atomic E-state index is 12.1. The van der Waals surface area contributed by atoms with Crippen LogP contribution >= 0.6 is 0 Å². The molecule has 0 fully saturated rings. The molecule has 1 N–H and O–H groups in total. The third-order valence-corrected chi connectivity index (χ3v) is 3.89. The third kappa shape index (κ3) is 2.59. The van der Waals surface area contributed by atoms with Crippen molar-refractivity contribution in [2.45, 2.75) is 33.0 Å². The van der Waals surface area contributed by atoms with Crippen molar-refractivity contribution >= 4 is 5.91 Å². The lowest BCUT2D eigenvalue weighted by Crippen LogP contribution is -2.29. The third-order valence-electron chi connectivity index (χ3n) is 3.89. The molecule has 0 spiro atoms. The van der Waals surface area contributed by atoms with Crippen molar-refractivity contribution in [2.24, 2.45) is 5.92 Å². The van der Waals surface area contributed by atoms with Crippen molar-refractivity contribution in [3.63, 3.8) is 0 Å². The van der Waals surface area contributed by atoms with Gasteiger partial charge in [0.1, 0.15) is 11.9 Å². The van der Waals surface area contributed by atoms with Gasteiger partial charge in [-0.3, -0.25) is 4.79 Å². The van der Waals surface area contributed by atoms with Crippen molar-refractivity contribution in [3.05, 3.63) is 59.0 Å². The van der Waals surface area contributed by atoms with Crippen LogP contribution in [0.1, 0.15) is 42.4 Å². The molecule has 1 unspecified atom stereocenters. The van der Waals surface area contributed by atoms with E-state index >= 15 is 0 Å². The standard InChI is InChI=1S/C17H19NO3/c1-11(2)17(20)18-9-13-6-5-12(8-14(13)10-18)16(19)15-4-3-7-21-15/h3-8,11,16,19H,9-10H2,1-2H3. The van der Waals surface area contributed by atoms with E-state index in [0.717, 1.165) is 16.7 Å². The smallest absolute Gasteiger partial charge is 0.225 e. The van der Waals surface area contributed by atoms with Gasteiger partial charge in [0.2, 0.25) is 5.91 Å². The van der Waals surface area contributed by atoms with Gasteiger partial charge in [-0.05, 0) is 28.8 Å². The molecule has 0 saturated carbocycles. The maximum Gasteiger partial charge on any atom is 0.225 e. The fourth-order valence-electron chi connectivity index (χ4n) is 2.72. The Kier molecular flexibility index (Phi) is 3.55. The first-order chi connectivity index (χ1) is 10.1. The molecular weight excluding hydrogens is 266 g/mol. The van der Waals surface area contributed by atoms with Crippen LogP contribution in [-0.2, 0) is 17.9 Å². The zero-order valence-electron chi connectivity index (χ0n) is 12.2. The van der Waals surface area contributed by atoms with Crippen LogP contribution < -0.4 is 0 Å². The molecule has 21 heavy (non-hydrogen) atoms. The first kappa shape index (κ1) is 13.9. The molecule has 1 aromatic carbocycles. The lowest BCUT2D eigenvalue weighted by Gasteiger charge is -2.17. The fraction of sp³-hybridized carbons (Fsp3) is 0.353. The summed E-state index contributed by atoms with van der Waals surface area (Å²) >= 11 is 0. The van der Waals surface area contributed by atoms with Crippen LogP contribution in [0.25, 0.3) is 0 Å². The Hall–Kier alpha value is -2.07. The number of fused-ring (bicyclic) bond motifs is 1. The Labute approximate surface area is 124 Å². The molecule has 0 aliphatic carbocycles. The number of aliphatic hydroxyl groups is 1. The zero-order chi connectivity index (χ0) is 15.0. The van der Waals surface area contributed by atoms with E-state index in [9.17, 15) is 9.90 Å². The van der Waals surface area contributed by atoms with Crippen molar-refractivity contribution in [1.82, 2.24) is 4.90 Å². The predicted octanol–water partition coefficient (Wildman–Crippen LogP) is 2.86. The average molecular weight is 285 g/mol. The van der Waals surface area contributed by atoms with Gasteiger partial charge in [-0.1, -0.05) is 32.0 Å². The minimum absolute atomic E-state index is 0.00694. The zero-order valence-corrected chi connectivity index (χ0v) is 12.2. The quantitative estimate of drug-likeness (QED) is 0.943. The molecule has 0 bridgehead atoms. The summed E-state index contributed by atoms with van der Waals surface area (Å²) < 4.78 is 5.25. The van der Waals surface area contributed by atoms with Crippen LogP contribution in [0.15, 0.2) is 41.0 Å². The topological polar surface area (TPSA) is 53.7 Å². The van der Waals surface area contributed by atoms with E-state index in [2.05, 4.69) is 0 Å². The number of amides is 1. The van der Waals surface area contributed by atoms with Crippen LogP contribution in [0, 0.1) is 5.92 Å². The molecule has 1 amide bonds. The van der Waals surface area contributed by atoms with Gasteiger partial charge < -0.3 is 14.4 Å². The first-order valence-corrected chi connectivity index (χ1v) is 7.18. The van der Waals surface area contributed by atoms with Crippen LogP contribution in [0.2, 0.25) is 0 Å². The fourth-order valence-corrected chi connectivity index (χ4v) is 2.72. The number of rotatable bonds is 3. The highest BCUT2D eigenvalue weighted by Gasteiger charge is 2.26. The summed E-state index contributed by atoms with van der Waals surface area (Å²) in [5, 5.41) is 10.3. The number of nitrogens with zero attached hydrogens (tertiary/aromatic N) is 1. The Morgan fingerprint density at radius 3 is 2.67 bits per heavy atom. The summed E-state index contributed by atoms with van der Waals surface area (Å²) in [5.74, 6) is 0.704. The Bertz CT molecular complexity index is 646. The molecule has 4 nitrogen and oxygen atoms in total. The number of hydrogen-bond acceptors (Lipinski definition) is 3. The Balaban J connectivity index is 1.82. The molecule has 0 radical (unpaired) electrons. The van der Waals surface area contributed by atoms with Gasteiger partial charge in [-0.2, -0.15) is 0 Å². The second kappa shape index (κ2) is 5.37. The molecule has 1 aromatic heterocycles. The SMILES string of the molecule is CC(C)C(=O)N1Cc2ccc(C(O)c3ccco3)cc2C1. The number of aliphatic hydroxyl groups excluding tert-OH is 1. The summed E-state index contributed by atoms with van der Waals surface area (Å²) in [5.41, 5.74) is 3.05. The molecule has 2 heterocycles. The predicted molar refractivity (Wildman–Crippen MR) is 78.3 cm³/mol. The molecule has 1 aliphatic heterocycles. The Morgan fingerprint density at radius 1 is 1.24 bits per heavy atom. The normalized spacial score (nSPS) is 15.3. The van der Waals surface area contributed by atoms with Crippen LogP contribution in [-0.4, -0.2) is 15.9 Å². The highest BCUT2D eigenvalue weighted by atomic mass is 16.4. The van der Waals surface area contributed by atoms with Gasteiger partial charge in [0.15, 0.2) is 0 Å². The van der Waals surface area contributed by atoms with Crippen molar-refractivity contribution in [1.29, 1.82) is 0 Å². The highest BCUT2D eigenvalue weighted by molar-refractivity contribution is 5.78. The van der Waals surface area contributed by atoms with Gasteiger partial charge in [-0.15, -0.1) is 0 Å². The number of furan rings is 1. The van der Waals surface area contributed by atoms with Gasteiger partial charge in [-0.25, -0.2) is 0 Å². The van der Waals surface area contributed by atoms with Gasteiger partial charge in [0.05, 0.1) is 6.26 Å². The van der Waals surface area contributed by atoms with E-state index in [0.29, 0.717) is 18.8 Å². The van der Waals surface area contributed by atoms with Crippen LogP contribution in [0.5, 0.6) is 0 Å². The van der Waals surface area contributed by atoms with E-state index in [1.165, 1.54) is 0 Å². The molecule has 1 aliphatic rings. The summed E-state index contributed by atoms with van der Waals surface area (Å²) in [6.45, 7) is 5.10. The molecule has 1 atom stereocenters. The number of benzene rings is 1. The lowest BCUT2D eigenvalue weighted by atomic mass is 10.0. The maximum atomic E-state index is 12.1. The largest absolute Gasteiger partial charge is 0.466 e. The minimum atomic E-state index is -0.764. The van der Waals surface area contributed by atoms with Crippen molar-refractivity contribution < 1.29 is 14.3 Å². The molecular formula is C17H19NO3. The Morgan fingerprint density at radius 2 is 2.00 bits per heavy atom. The van der Waals surface area contributed by atoms with E-state index in [1.807, 2.05) is 36.9 Å². The number of carbonyl (C=O) groups is 1. The van der Waals surface area contributed by atoms with Gasteiger partial charge >= 0.3 is 0 Å². The number of carbonyl (C=O) groups excluding carboxylic acids is 1. The average Bonchev–Trinajstić information content (AvgIpc) is 3.13. The minimum Gasteiger partial charge on any atom is -0.466 e. The van der Waals surface area contributed by atoms with E-state index in [-0.39, 0.29) is 11.8 Å². The molecule has 3 rings (SSSR count). The monoisotopic (exact) mass is 285 g/mol. The summed E-state index contributed by atoms with van der Waals surface area (Å²) in [6.07, 6.45) is 0.787. The van der Waals surface area contributed by atoms with E-state index in [1.54, 1.807) is 18.4 Å². The molecule has 4 heteroatoms. The molecule has 110 valence electrons. The second-order valence-corrected chi connectivity index (χ2v) is 5.80. The lowest BCUT2D eigenvalue weighted by molar-refractivity contribution is -0.135. The van der Waals surface area contributed by atoms with Crippen LogP contribution in [0.4, 0.5) is 0 Å². The van der Waals surface area contributed by atoms with E-state index < -0.39 is 6.10 Å². The van der Waals surface area contributed by atoms with Gasteiger partial charge in [0, 0.05) is 19.0 Å². The first-order valence-electron chi connectivity index (χ1n) is 7.18. The van der Waals surface area contributed by atoms with Gasteiger partial charge in [0.25, 0.3) is 0 Å². The summed E-state index contributed by atoms with van der Waals surface area (Å²) in [4.78, 5) is 13.9. The molecule has 0 saturated heterocycles. The molecule has 2 aromatic rings. The summed E-state index contributed by atoms with van der Waals surface area (Å²) in [7, 11) is 0. The van der Waals surface area contributed by atoms with Crippen molar-refractivity contribution in [3.8, 4) is 0 Å². The van der Waals surface area contributed by atoms with Crippen LogP contribution in [0.3, 0.4) is 0 Å². The second-order valence-electron chi connectivity index (χ2n) is 5.80.